The van der Waals surface area contributed by atoms with Crippen LogP contribution in [0.3, 0.4) is 0 Å². The van der Waals surface area contributed by atoms with E-state index in [1.807, 2.05) is 6.92 Å². The number of methoxy groups -OCH3 is 1. The van der Waals surface area contributed by atoms with Crippen LogP contribution in [0, 0.1) is 0 Å². The average Bonchev–Trinajstić information content (AvgIpc) is 2.71. The van der Waals surface area contributed by atoms with Crippen molar-refractivity contribution in [3.8, 4) is 0 Å². The van der Waals surface area contributed by atoms with E-state index in [4.69, 9.17) is 9.47 Å². The van der Waals surface area contributed by atoms with Crippen LogP contribution in [0.2, 0.25) is 0 Å². The van der Waals surface area contributed by atoms with E-state index in [2.05, 4.69) is 25.9 Å². The molecule has 1 N–H and O–H groups in total. The minimum absolute atomic E-state index is 0.171. The number of halogens is 1. The summed E-state index contributed by atoms with van der Waals surface area (Å²) in [6.07, 6.45) is 6.41. The molecule has 6 heteroatoms. The number of aromatic amines is 1. The highest BCUT2D eigenvalue weighted by Gasteiger charge is 2.36. The van der Waals surface area contributed by atoms with Crippen LogP contribution in [0.1, 0.15) is 57.0 Å². The summed E-state index contributed by atoms with van der Waals surface area (Å²) < 4.78 is 11.7. The van der Waals surface area contributed by atoms with E-state index in [0.29, 0.717) is 29.2 Å². The number of ether oxygens (including phenoxy) is 2. The van der Waals surface area contributed by atoms with Gasteiger partial charge in [-0.15, -0.1) is 0 Å². The maximum atomic E-state index is 12.2. The highest BCUT2D eigenvalue weighted by Crippen LogP contribution is 2.37. The van der Waals surface area contributed by atoms with Crippen molar-refractivity contribution in [2.75, 3.05) is 13.7 Å². The molecule has 1 aromatic heterocycles. The fraction of sp³-hybridized carbons (Fsp3) is 0.733. The first kappa shape index (κ1) is 16.6. The summed E-state index contributed by atoms with van der Waals surface area (Å²) in [5.74, 6) is 0.645. The highest BCUT2D eigenvalue weighted by atomic mass is 79.9. The molecule has 1 heterocycles. The van der Waals surface area contributed by atoms with Gasteiger partial charge in [0.1, 0.15) is 15.9 Å². The molecule has 1 aromatic rings. The largest absolute Gasteiger partial charge is 0.378 e. The van der Waals surface area contributed by atoms with Crippen LogP contribution in [-0.4, -0.2) is 23.7 Å². The number of H-pyrrole nitrogens is 1. The maximum absolute atomic E-state index is 12.2. The molecule has 0 atom stereocenters. The number of hydrogen-bond donors (Lipinski definition) is 1. The van der Waals surface area contributed by atoms with Crippen molar-refractivity contribution in [2.45, 2.75) is 57.7 Å². The molecule has 0 aromatic carbocycles. The predicted molar refractivity (Wildman–Crippen MR) is 84.3 cm³/mol. The number of hydrogen-bond acceptors (Lipinski definition) is 4. The standard InChI is InChI=1S/C15H23BrN2O3/c1-3-21-15(8-6-4-5-7-9-15)14-17-11(10-20-2)12(16)13(19)18-14/h3-10H2,1-2H3,(H,17,18,19). The van der Waals surface area contributed by atoms with Crippen LogP contribution in [-0.2, 0) is 21.7 Å². The molecule has 0 bridgehead atoms. The Bertz CT molecular complexity index is 522. The van der Waals surface area contributed by atoms with Crippen LogP contribution in [0.4, 0.5) is 0 Å². The lowest BCUT2D eigenvalue weighted by molar-refractivity contribution is -0.0629. The molecule has 0 spiro atoms. The smallest absolute Gasteiger partial charge is 0.265 e. The van der Waals surface area contributed by atoms with Crippen molar-refractivity contribution in [3.63, 3.8) is 0 Å². The molecule has 0 saturated heterocycles. The van der Waals surface area contributed by atoms with Crippen LogP contribution in [0.5, 0.6) is 0 Å². The number of nitrogens with one attached hydrogen (secondary N) is 1. The van der Waals surface area contributed by atoms with Gasteiger partial charge in [-0.05, 0) is 35.7 Å². The molecule has 0 unspecified atom stereocenters. The third-order valence-corrected chi connectivity index (χ3v) is 4.79. The van der Waals surface area contributed by atoms with Gasteiger partial charge < -0.3 is 14.5 Å². The van der Waals surface area contributed by atoms with Crippen molar-refractivity contribution < 1.29 is 9.47 Å². The molecule has 118 valence electrons. The second kappa shape index (κ2) is 7.51. The summed E-state index contributed by atoms with van der Waals surface area (Å²) in [6.45, 7) is 2.90. The summed E-state index contributed by atoms with van der Waals surface area (Å²) in [6, 6.07) is 0. The van der Waals surface area contributed by atoms with Crippen LogP contribution < -0.4 is 5.56 Å². The van der Waals surface area contributed by atoms with Crippen molar-refractivity contribution in [1.29, 1.82) is 0 Å². The zero-order chi connectivity index (χ0) is 15.3. The first-order chi connectivity index (χ1) is 10.1. The Kier molecular flexibility index (Phi) is 5.96. The third kappa shape index (κ3) is 3.73. The first-order valence-corrected chi connectivity index (χ1v) is 8.34. The van der Waals surface area contributed by atoms with Crippen LogP contribution >= 0.6 is 15.9 Å². The second-order valence-corrected chi connectivity index (χ2v) is 6.24. The van der Waals surface area contributed by atoms with E-state index in [0.717, 1.165) is 25.7 Å². The lowest BCUT2D eigenvalue weighted by Gasteiger charge is -2.31. The van der Waals surface area contributed by atoms with Crippen molar-refractivity contribution in [3.05, 3.63) is 26.3 Å². The number of nitrogens with zero attached hydrogens (tertiary/aromatic N) is 1. The number of rotatable bonds is 5. The molecule has 1 fully saturated rings. The van der Waals surface area contributed by atoms with Crippen molar-refractivity contribution in [1.82, 2.24) is 9.97 Å². The van der Waals surface area contributed by atoms with Crippen molar-refractivity contribution in [2.24, 2.45) is 0 Å². The molecule has 1 aliphatic carbocycles. The van der Waals surface area contributed by atoms with Gasteiger partial charge in [-0.1, -0.05) is 25.7 Å². The minimum Gasteiger partial charge on any atom is -0.378 e. The Morgan fingerprint density at radius 2 is 1.95 bits per heavy atom. The minimum atomic E-state index is -0.465. The second-order valence-electron chi connectivity index (χ2n) is 5.45. The molecular formula is C15H23BrN2O3. The molecule has 0 aliphatic heterocycles. The summed E-state index contributed by atoms with van der Waals surface area (Å²) >= 11 is 3.28. The monoisotopic (exact) mass is 358 g/mol. The van der Waals surface area contributed by atoms with Crippen LogP contribution in [0.25, 0.3) is 0 Å². The van der Waals surface area contributed by atoms with Gasteiger partial charge in [0.15, 0.2) is 0 Å². The van der Waals surface area contributed by atoms with Crippen LogP contribution in [0.15, 0.2) is 9.27 Å². The van der Waals surface area contributed by atoms with E-state index in [-0.39, 0.29) is 5.56 Å². The quantitative estimate of drug-likeness (QED) is 0.820. The van der Waals surface area contributed by atoms with Gasteiger partial charge in [-0.2, -0.15) is 0 Å². The van der Waals surface area contributed by atoms with Gasteiger partial charge in [0.05, 0.1) is 12.3 Å². The zero-order valence-corrected chi connectivity index (χ0v) is 14.3. The SMILES string of the molecule is CCOC1(c2nc(COC)c(Br)c(=O)[nH]2)CCCCCC1. The normalized spacial score (nSPS) is 18.4. The number of aromatic nitrogens is 2. The van der Waals surface area contributed by atoms with Gasteiger partial charge in [0, 0.05) is 13.7 Å². The predicted octanol–water partition coefficient (Wildman–Crippen LogP) is 3.26. The van der Waals surface area contributed by atoms with E-state index < -0.39 is 5.60 Å². The maximum Gasteiger partial charge on any atom is 0.265 e. The first-order valence-electron chi connectivity index (χ1n) is 7.55. The Hall–Kier alpha value is -0.720. The summed E-state index contributed by atoms with van der Waals surface area (Å²) in [7, 11) is 1.60. The van der Waals surface area contributed by atoms with E-state index in [1.54, 1.807) is 7.11 Å². The Morgan fingerprint density at radius 1 is 1.29 bits per heavy atom. The molecule has 2 rings (SSSR count). The fourth-order valence-electron chi connectivity index (χ4n) is 2.98. The van der Waals surface area contributed by atoms with Gasteiger partial charge in [-0.3, -0.25) is 4.79 Å². The third-order valence-electron chi connectivity index (χ3n) is 3.98. The molecule has 1 aliphatic rings. The molecule has 5 nitrogen and oxygen atoms in total. The summed E-state index contributed by atoms with van der Waals surface area (Å²) in [5, 5.41) is 0. The lowest BCUT2D eigenvalue weighted by Crippen LogP contribution is -2.34. The topological polar surface area (TPSA) is 64.2 Å². The summed E-state index contributed by atoms with van der Waals surface area (Å²) in [5.41, 5.74) is -0.0110. The highest BCUT2D eigenvalue weighted by molar-refractivity contribution is 9.10. The van der Waals surface area contributed by atoms with Crippen molar-refractivity contribution >= 4 is 15.9 Å². The Labute approximate surface area is 133 Å². The molecule has 0 radical (unpaired) electrons. The average molecular weight is 359 g/mol. The van der Waals surface area contributed by atoms with Gasteiger partial charge in [0.2, 0.25) is 0 Å². The Morgan fingerprint density at radius 3 is 2.52 bits per heavy atom. The lowest BCUT2D eigenvalue weighted by atomic mass is 9.93. The zero-order valence-electron chi connectivity index (χ0n) is 12.7. The van der Waals surface area contributed by atoms with Gasteiger partial charge in [0.25, 0.3) is 5.56 Å². The molecule has 0 amide bonds. The van der Waals surface area contributed by atoms with E-state index in [9.17, 15) is 4.79 Å². The van der Waals surface area contributed by atoms with E-state index >= 15 is 0 Å². The van der Waals surface area contributed by atoms with Gasteiger partial charge >= 0.3 is 0 Å². The van der Waals surface area contributed by atoms with E-state index in [1.165, 1.54) is 12.8 Å². The Balaban J connectivity index is 2.46. The van der Waals surface area contributed by atoms with Gasteiger partial charge in [-0.25, -0.2) is 4.98 Å². The summed E-state index contributed by atoms with van der Waals surface area (Å²) in [4.78, 5) is 19.7. The molecule has 1 saturated carbocycles. The molecule has 21 heavy (non-hydrogen) atoms. The fourth-order valence-corrected chi connectivity index (χ4v) is 3.28. The molecular weight excluding hydrogens is 336 g/mol.